The molecule has 1 aliphatic heterocycles. The van der Waals surface area contributed by atoms with E-state index in [2.05, 4.69) is 10.2 Å². The zero-order valence-electron chi connectivity index (χ0n) is 16.4. The summed E-state index contributed by atoms with van der Waals surface area (Å²) >= 11 is 0. The van der Waals surface area contributed by atoms with Gasteiger partial charge < -0.3 is 16.0 Å². The van der Waals surface area contributed by atoms with Crippen LogP contribution in [0.2, 0.25) is 0 Å². The van der Waals surface area contributed by atoms with Crippen molar-refractivity contribution in [3.05, 3.63) is 65.0 Å². The number of nitrogens with two attached hydrogens (primary N) is 1. The monoisotopic (exact) mass is 395 g/mol. The maximum Gasteiger partial charge on any atom is 0.248 e. The summed E-state index contributed by atoms with van der Waals surface area (Å²) in [6, 6.07) is 11.8. The van der Waals surface area contributed by atoms with Crippen molar-refractivity contribution >= 4 is 17.5 Å². The van der Waals surface area contributed by atoms with Crippen molar-refractivity contribution < 1.29 is 14.0 Å². The molecule has 0 unspecified atom stereocenters. The topological polar surface area (TPSA) is 75.4 Å². The van der Waals surface area contributed by atoms with Crippen LogP contribution in [-0.4, -0.2) is 36.3 Å². The Morgan fingerprint density at radius 1 is 1.10 bits per heavy atom. The first-order chi connectivity index (χ1) is 14.0. The first-order valence-electron chi connectivity index (χ1n) is 10.2. The summed E-state index contributed by atoms with van der Waals surface area (Å²) in [6.45, 7) is 3.25. The second-order valence-corrected chi connectivity index (χ2v) is 8.20. The van der Waals surface area contributed by atoms with Gasteiger partial charge in [0, 0.05) is 17.5 Å². The number of hydrogen-bond acceptors (Lipinski definition) is 3. The van der Waals surface area contributed by atoms with E-state index < -0.39 is 11.7 Å². The fraction of sp³-hybridized carbons (Fsp3) is 0.391. The lowest BCUT2D eigenvalue weighted by Gasteiger charge is -2.23. The number of primary amides is 1. The van der Waals surface area contributed by atoms with Gasteiger partial charge in [-0.25, -0.2) is 4.39 Å². The summed E-state index contributed by atoms with van der Waals surface area (Å²) in [5, 5.41) is 2.62. The molecule has 152 valence electrons. The maximum atomic E-state index is 14.7. The molecule has 2 aromatic rings. The average Bonchev–Trinajstić information content (AvgIpc) is 3.29. The molecule has 0 radical (unpaired) electrons. The number of hydrogen-bond donors (Lipinski definition) is 2. The van der Waals surface area contributed by atoms with E-state index >= 15 is 0 Å². The van der Waals surface area contributed by atoms with Gasteiger partial charge in [-0.1, -0.05) is 24.3 Å². The van der Waals surface area contributed by atoms with Gasteiger partial charge in [-0.05, 0) is 68.1 Å². The van der Waals surface area contributed by atoms with Gasteiger partial charge in [0.15, 0.2) is 0 Å². The number of likely N-dealkylation sites (tertiary alicyclic amines) is 1. The molecule has 0 spiro atoms. The predicted octanol–water partition coefficient (Wildman–Crippen LogP) is 3.23. The standard InChI is InChI=1S/C23H26FN3O2/c24-19-14-17(23(9-10-23)15-27-11-3-4-12-27)7-8-20(19)26-21(28)13-16-5-1-2-6-18(16)22(25)29/h1-2,5-8,14H,3-4,9-13,15H2,(H2,25,29)(H,26,28). The maximum absolute atomic E-state index is 14.7. The fourth-order valence-corrected chi connectivity index (χ4v) is 4.29. The van der Waals surface area contributed by atoms with Gasteiger partial charge in [0.05, 0.1) is 12.1 Å². The largest absolute Gasteiger partial charge is 0.366 e. The van der Waals surface area contributed by atoms with E-state index in [1.54, 1.807) is 36.4 Å². The molecule has 1 saturated heterocycles. The Kier molecular flexibility index (Phi) is 5.37. The molecular formula is C23H26FN3O2. The lowest BCUT2D eigenvalue weighted by atomic mass is 9.95. The number of amides is 2. The number of carbonyl (C=O) groups excluding carboxylic acids is 2. The molecule has 2 aromatic carbocycles. The highest BCUT2D eigenvalue weighted by molar-refractivity contribution is 5.98. The Hall–Kier alpha value is -2.73. The SMILES string of the molecule is NC(=O)c1ccccc1CC(=O)Nc1ccc(C2(CN3CCCC3)CC2)cc1F. The summed E-state index contributed by atoms with van der Waals surface area (Å²) in [6.07, 6.45) is 4.61. The number of nitrogens with zero attached hydrogens (tertiary/aromatic N) is 1. The smallest absolute Gasteiger partial charge is 0.248 e. The van der Waals surface area contributed by atoms with Gasteiger partial charge in [-0.3, -0.25) is 9.59 Å². The number of halogens is 1. The van der Waals surface area contributed by atoms with E-state index in [1.165, 1.54) is 12.8 Å². The van der Waals surface area contributed by atoms with Crippen molar-refractivity contribution in [2.45, 2.75) is 37.5 Å². The number of rotatable bonds is 7. The molecule has 1 heterocycles. The molecule has 1 saturated carbocycles. The van der Waals surface area contributed by atoms with E-state index in [9.17, 15) is 14.0 Å². The van der Waals surface area contributed by atoms with E-state index in [0.717, 1.165) is 38.0 Å². The Balaban J connectivity index is 1.43. The van der Waals surface area contributed by atoms with Crippen LogP contribution in [0.25, 0.3) is 0 Å². The van der Waals surface area contributed by atoms with Crippen LogP contribution in [0.5, 0.6) is 0 Å². The molecule has 29 heavy (non-hydrogen) atoms. The van der Waals surface area contributed by atoms with E-state index in [-0.39, 0.29) is 23.4 Å². The summed E-state index contributed by atoms with van der Waals surface area (Å²) in [7, 11) is 0. The fourth-order valence-electron chi connectivity index (χ4n) is 4.29. The number of anilines is 1. The van der Waals surface area contributed by atoms with Gasteiger partial charge in [0.25, 0.3) is 0 Å². The second-order valence-electron chi connectivity index (χ2n) is 8.20. The van der Waals surface area contributed by atoms with Crippen molar-refractivity contribution in [1.29, 1.82) is 0 Å². The second kappa shape index (κ2) is 7.95. The first-order valence-corrected chi connectivity index (χ1v) is 10.2. The van der Waals surface area contributed by atoms with E-state index in [1.807, 2.05) is 6.07 Å². The molecule has 4 rings (SSSR count). The Morgan fingerprint density at radius 2 is 1.83 bits per heavy atom. The number of carbonyl (C=O) groups is 2. The van der Waals surface area contributed by atoms with Gasteiger partial charge in [0.1, 0.15) is 5.82 Å². The molecule has 3 N–H and O–H groups in total. The van der Waals surface area contributed by atoms with Crippen molar-refractivity contribution in [2.24, 2.45) is 5.73 Å². The summed E-state index contributed by atoms with van der Waals surface area (Å²) in [5.41, 5.74) is 7.42. The molecule has 0 bridgehead atoms. The zero-order valence-corrected chi connectivity index (χ0v) is 16.4. The van der Waals surface area contributed by atoms with Crippen molar-refractivity contribution in [1.82, 2.24) is 4.90 Å². The summed E-state index contributed by atoms with van der Waals surface area (Å²) in [5.74, 6) is -1.40. The molecular weight excluding hydrogens is 369 g/mol. The van der Waals surface area contributed by atoms with Crippen LogP contribution in [0.15, 0.2) is 42.5 Å². The molecule has 1 aliphatic carbocycles. The van der Waals surface area contributed by atoms with Gasteiger partial charge >= 0.3 is 0 Å². The zero-order chi connectivity index (χ0) is 20.4. The highest BCUT2D eigenvalue weighted by Crippen LogP contribution is 2.49. The lowest BCUT2D eigenvalue weighted by Crippen LogP contribution is -2.30. The van der Waals surface area contributed by atoms with Crippen LogP contribution in [-0.2, 0) is 16.6 Å². The predicted molar refractivity (Wildman–Crippen MR) is 110 cm³/mol. The minimum Gasteiger partial charge on any atom is -0.366 e. The number of benzene rings is 2. The minimum absolute atomic E-state index is 0.0425. The Labute approximate surface area is 170 Å². The van der Waals surface area contributed by atoms with E-state index in [4.69, 9.17) is 5.73 Å². The Morgan fingerprint density at radius 3 is 2.48 bits per heavy atom. The molecule has 0 aromatic heterocycles. The van der Waals surface area contributed by atoms with Crippen molar-refractivity contribution in [3.63, 3.8) is 0 Å². The van der Waals surface area contributed by atoms with Gasteiger partial charge in [0.2, 0.25) is 11.8 Å². The molecule has 6 heteroatoms. The highest BCUT2D eigenvalue weighted by atomic mass is 19.1. The normalized spacial score (nSPS) is 17.8. The molecule has 2 aliphatic rings. The van der Waals surface area contributed by atoms with Crippen LogP contribution < -0.4 is 11.1 Å². The minimum atomic E-state index is -0.586. The lowest BCUT2D eigenvalue weighted by molar-refractivity contribution is -0.115. The van der Waals surface area contributed by atoms with Crippen LogP contribution in [0, 0.1) is 5.82 Å². The van der Waals surface area contributed by atoms with Gasteiger partial charge in [-0.2, -0.15) is 0 Å². The summed E-state index contributed by atoms with van der Waals surface area (Å²) < 4.78 is 14.7. The van der Waals surface area contributed by atoms with Crippen LogP contribution in [0.3, 0.4) is 0 Å². The van der Waals surface area contributed by atoms with Crippen LogP contribution in [0.1, 0.15) is 47.2 Å². The molecule has 5 nitrogen and oxygen atoms in total. The van der Waals surface area contributed by atoms with Crippen molar-refractivity contribution in [2.75, 3.05) is 25.0 Å². The molecule has 2 amide bonds. The van der Waals surface area contributed by atoms with Crippen LogP contribution in [0.4, 0.5) is 10.1 Å². The quantitative estimate of drug-likeness (QED) is 0.756. The molecule has 0 atom stereocenters. The first kappa shape index (κ1) is 19.6. The average molecular weight is 395 g/mol. The van der Waals surface area contributed by atoms with Gasteiger partial charge in [-0.15, -0.1) is 0 Å². The summed E-state index contributed by atoms with van der Waals surface area (Å²) in [4.78, 5) is 26.4. The third-order valence-corrected chi connectivity index (χ3v) is 6.07. The van der Waals surface area contributed by atoms with Crippen LogP contribution >= 0.6 is 0 Å². The highest BCUT2D eigenvalue weighted by Gasteiger charge is 2.45. The molecule has 2 fully saturated rings. The van der Waals surface area contributed by atoms with Crippen molar-refractivity contribution in [3.8, 4) is 0 Å². The van der Waals surface area contributed by atoms with E-state index in [0.29, 0.717) is 11.1 Å². The Bertz CT molecular complexity index is 933. The third-order valence-electron chi connectivity index (χ3n) is 6.07. The number of nitrogens with one attached hydrogen (secondary N) is 1. The third kappa shape index (κ3) is 4.32.